The van der Waals surface area contributed by atoms with Crippen molar-refractivity contribution < 1.29 is 9.26 Å². The highest BCUT2D eigenvalue weighted by Gasteiger charge is 2.28. The number of halogens is 2. The quantitative estimate of drug-likeness (QED) is 0.923. The number of aromatic nitrogens is 2. The number of nitrogens with zero attached hydrogens (tertiary/aromatic N) is 2. The fourth-order valence-corrected chi connectivity index (χ4v) is 2.34. The van der Waals surface area contributed by atoms with Gasteiger partial charge in [-0.15, -0.1) is 12.4 Å². The highest BCUT2D eigenvalue weighted by Crippen LogP contribution is 2.27. The Morgan fingerprint density at radius 3 is 2.90 bits per heavy atom. The van der Waals surface area contributed by atoms with Crippen molar-refractivity contribution in [1.29, 1.82) is 0 Å². The molecule has 2 atom stereocenters. The first-order valence-corrected chi connectivity index (χ1v) is 6.57. The summed E-state index contributed by atoms with van der Waals surface area (Å²) >= 11 is 6.12. The minimum atomic E-state index is -0.0718. The first-order valence-electron chi connectivity index (χ1n) is 6.19. The third-order valence-electron chi connectivity index (χ3n) is 3.14. The molecule has 1 fully saturated rings. The topological polar surface area (TPSA) is 60.2 Å². The van der Waals surface area contributed by atoms with E-state index >= 15 is 0 Å². The molecule has 1 saturated heterocycles. The summed E-state index contributed by atoms with van der Waals surface area (Å²) in [5.74, 6) is 1.03. The van der Waals surface area contributed by atoms with E-state index in [1.165, 1.54) is 0 Å². The van der Waals surface area contributed by atoms with Crippen LogP contribution in [0.2, 0.25) is 5.02 Å². The Morgan fingerprint density at radius 2 is 2.15 bits per heavy atom. The van der Waals surface area contributed by atoms with Crippen LogP contribution in [0.5, 0.6) is 0 Å². The van der Waals surface area contributed by atoms with E-state index in [1.807, 2.05) is 25.1 Å². The van der Waals surface area contributed by atoms with Crippen LogP contribution in [0.4, 0.5) is 0 Å². The zero-order chi connectivity index (χ0) is 13.2. The van der Waals surface area contributed by atoms with Crippen LogP contribution in [-0.2, 0) is 4.74 Å². The van der Waals surface area contributed by atoms with E-state index in [4.69, 9.17) is 20.9 Å². The number of hydrogen-bond donors (Lipinski definition) is 1. The second kappa shape index (κ2) is 6.54. The van der Waals surface area contributed by atoms with Crippen LogP contribution in [0.3, 0.4) is 0 Å². The maximum Gasteiger partial charge on any atom is 0.246 e. The summed E-state index contributed by atoms with van der Waals surface area (Å²) in [6.45, 7) is 3.46. The summed E-state index contributed by atoms with van der Waals surface area (Å²) in [5.41, 5.74) is 0.767. The highest BCUT2D eigenvalue weighted by molar-refractivity contribution is 6.33. The Balaban J connectivity index is 0.00000147. The van der Waals surface area contributed by atoms with Gasteiger partial charge in [-0.25, -0.2) is 0 Å². The summed E-state index contributed by atoms with van der Waals surface area (Å²) in [6.07, 6.45) is 0.00768. The highest BCUT2D eigenvalue weighted by atomic mass is 35.5. The maximum atomic E-state index is 6.12. The van der Waals surface area contributed by atoms with Crippen molar-refractivity contribution in [2.75, 3.05) is 13.2 Å². The Hall–Kier alpha value is -1.14. The maximum absolute atomic E-state index is 6.12. The van der Waals surface area contributed by atoms with Crippen LogP contribution >= 0.6 is 24.0 Å². The van der Waals surface area contributed by atoms with Gasteiger partial charge in [0.1, 0.15) is 6.04 Å². The first-order chi connectivity index (χ1) is 9.25. The average molecular weight is 316 g/mol. The van der Waals surface area contributed by atoms with Gasteiger partial charge in [-0.3, -0.25) is 0 Å². The molecule has 20 heavy (non-hydrogen) atoms. The third-order valence-corrected chi connectivity index (χ3v) is 3.47. The molecule has 108 valence electrons. The molecule has 2 heterocycles. The molecule has 0 saturated carbocycles. The minimum absolute atomic E-state index is 0. The van der Waals surface area contributed by atoms with Crippen molar-refractivity contribution in [3.8, 4) is 11.4 Å². The molecule has 1 aromatic carbocycles. The Labute approximate surface area is 128 Å². The van der Waals surface area contributed by atoms with Gasteiger partial charge in [0.15, 0.2) is 0 Å². The molecule has 0 aliphatic carbocycles. The molecule has 2 aromatic rings. The molecular formula is C13H15Cl2N3O2. The Morgan fingerprint density at radius 1 is 1.35 bits per heavy atom. The van der Waals surface area contributed by atoms with E-state index in [-0.39, 0.29) is 24.6 Å². The third kappa shape index (κ3) is 2.96. The molecule has 0 radical (unpaired) electrons. The van der Waals surface area contributed by atoms with Crippen molar-refractivity contribution >= 4 is 24.0 Å². The second-order valence-corrected chi connectivity index (χ2v) is 4.85. The molecule has 0 bridgehead atoms. The van der Waals surface area contributed by atoms with Gasteiger partial charge in [0.2, 0.25) is 11.7 Å². The van der Waals surface area contributed by atoms with Gasteiger partial charge >= 0.3 is 0 Å². The lowest BCUT2D eigenvalue weighted by Gasteiger charge is -2.27. The SMILES string of the molecule is C[C@H]1OCCN[C@@H]1c1nc(-c2ccccc2Cl)no1.Cl. The molecule has 1 aromatic heterocycles. The van der Waals surface area contributed by atoms with Crippen molar-refractivity contribution in [3.05, 3.63) is 35.2 Å². The molecule has 3 rings (SSSR count). The zero-order valence-electron chi connectivity index (χ0n) is 10.9. The molecule has 1 aliphatic heterocycles. The van der Waals surface area contributed by atoms with E-state index in [0.29, 0.717) is 23.3 Å². The van der Waals surface area contributed by atoms with Crippen molar-refractivity contribution in [1.82, 2.24) is 15.5 Å². The Bertz CT molecular complexity index is 576. The average Bonchev–Trinajstić information content (AvgIpc) is 2.89. The second-order valence-electron chi connectivity index (χ2n) is 4.44. The van der Waals surface area contributed by atoms with Crippen LogP contribution in [-0.4, -0.2) is 29.4 Å². The molecule has 0 spiro atoms. The lowest BCUT2D eigenvalue weighted by atomic mass is 10.1. The lowest BCUT2D eigenvalue weighted by Crippen LogP contribution is -2.40. The minimum Gasteiger partial charge on any atom is -0.375 e. The van der Waals surface area contributed by atoms with Crippen molar-refractivity contribution in [3.63, 3.8) is 0 Å². The number of ether oxygens (including phenoxy) is 1. The Kier molecular flexibility index (Phi) is 4.99. The fourth-order valence-electron chi connectivity index (χ4n) is 2.12. The van der Waals surface area contributed by atoms with Gasteiger partial charge in [0.25, 0.3) is 0 Å². The molecule has 1 aliphatic rings. The van der Waals surface area contributed by atoms with E-state index in [0.717, 1.165) is 12.1 Å². The fraction of sp³-hybridized carbons (Fsp3) is 0.385. The standard InChI is InChI=1S/C13H14ClN3O2.ClH/c1-8-11(15-6-7-18-8)13-16-12(17-19-13)9-4-2-3-5-10(9)14;/h2-5,8,11,15H,6-7H2,1H3;1H/t8-,11+;/m1./s1. The predicted molar refractivity (Wildman–Crippen MR) is 78.1 cm³/mol. The summed E-state index contributed by atoms with van der Waals surface area (Å²) in [4.78, 5) is 4.41. The van der Waals surface area contributed by atoms with Crippen LogP contribution in [0.25, 0.3) is 11.4 Å². The largest absolute Gasteiger partial charge is 0.375 e. The summed E-state index contributed by atoms with van der Waals surface area (Å²) in [5, 5.41) is 7.91. The zero-order valence-corrected chi connectivity index (χ0v) is 12.4. The smallest absolute Gasteiger partial charge is 0.246 e. The summed E-state index contributed by atoms with van der Waals surface area (Å²) < 4.78 is 10.9. The first kappa shape index (κ1) is 15.3. The molecular weight excluding hydrogens is 301 g/mol. The van der Waals surface area contributed by atoms with Gasteiger partial charge in [-0.05, 0) is 19.1 Å². The van der Waals surface area contributed by atoms with Crippen molar-refractivity contribution in [2.24, 2.45) is 0 Å². The van der Waals surface area contributed by atoms with Crippen LogP contribution in [0, 0.1) is 0 Å². The molecule has 0 amide bonds. The molecule has 1 N–H and O–H groups in total. The lowest BCUT2D eigenvalue weighted by molar-refractivity contribution is -0.00136. The van der Waals surface area contributed by atoms with Gasteiger partial charge in [-0.1, -0.05) is 28.9 Å². The number of morpholine rings is 1. The van der Waals surface area contributed by atoms with E-state index in [1.54, 1.807) is 6.07 Å². The van der Waals surface area contributed by atoms with Gasteiger partial charge < -0.3 is 14.6 Å². The normalized spacial score (nSPS) is 22.3. The van der Waals surface area contributed by atoms with E-state index < -0.39 is 0 Å². The molecule has 5 nitrogen and oxygen atoms in total. The van der Waals surface area contributed by atoms with Gasteiger partial charge in [0, 0.05) is 12.1 Å². The summed E-state index contributed by atoms with van der Waals surface area (Å²) in [6, 6.07) is 7.35. The van der Waals surface area contributed by atoms with Gasteiger partial charge in [-0.2, -0.15) is 4.98 Å². The van der Waals surface area contributed by atoms with Crippen LogP contribution in [0.1, 0.15) is 18.9 Å². The van der Waals surface area contributed by atoms with E-state index in [2.05, 4.69) is 15.5 Å². The number of benzene rings is 1. The number of hydrogen-bond acceptors (Lipinski definition) is 5. The molecule has 0 unspecified atom stereocenters. The monoisotopic (exact) mass is 315 g/mol. The van der Waals surface area contributed by atoms with E-state index in [9.17, 15) is 0 Å². The number of rotatable bonds is 2. The summed E-state index contributed by atoms with van der Waals surface area (Å²) in [7, 11) is 0. The van der Waals surface area contributed by atoms with Crippen molar-refractivity contribution in [2.45, 2.75) is 19.1 Å². The van der Waals surface area contributed by atoms with Gasteiger partial charge in [0.05, 0.1) is 17.7 Å². The predicted octanol–water partition coefficient (Wildman–Crippen LogP) is 2.86. The van der Waals surface area contributed by atoms with Crippen LogP contribution < -0.4 is 5.32 Å². The molecule has 7 heteroatoms. The van der Waals surface area contributed by atoms with Crippen LogP contribution in [0.15, 0.2) is 28.8 Å². The number of nitrogens with one attached hydrogen (secondary N) is 1.